The number of sulfonamides is 1. The third-order valence-corrected chi connectivity index (χ3v) is 7.85. The van der Waals surface area contributed by atoms with Crippen LogP contribution in [0.3, 0.4) is 0 Å². The molecule has 134 valence electrons. The van der Waals surface area contributed by atoms with Crippen molar-refractivity contribution in [3.05, 3.63) is 17.7 Å². The molecule has 2 aliphatic carbocycles. The predicted molar refractivity (Wildman–Crippen MR) is 93.1 cm³/mol. The first-order valence-electron chi connectivity index (χ1n) is 9.10. The number of anilines is 1. The molecule has 3 heterocycles. The lowest BCUT2D eigenvalue weighted by Crippen LogP contribution is -2.42. The summed E-state index contributed by atoms with van der Waals surface area (Å²) in [4.78, 5) is 4.40. The second kappa shape index (κ2) is 5.63. The van der Waals surface area contributed by atoms with E-state index in [2.05, 4.69) is 29.6 Å². The smallest absolute Gasteiger partial charge is 0.214 e. The van der Waals surface area contributed by atoms with Crippen LogP contribution in [0.25, 0.3) is 5.65 Å². The van der Waals surface area contributed by atoms with Gasteiger partial charge >= 0.3 is 0 Å². The van der Waals surface area contributed by atoms with Crippen molar-refractivity contribution in [2.75, 3.05) is 11.9 Å². The molecule has 2 aromatic rings. The average Bonchev–Trinajstić information content (AvgIpc) is 3.21. The van der Waals surface area contributed by atoms with Crippen LogP contribution in [-0.4, -0.2) is 45.8 Å². The van der Waals surface area contributed by atoms with Crippen molar-refractivity contribution in [1.29, 1.82) is 0 Å². The minimum atomic E-state index is -3.16. The minimum absolute atomic E-state index is 0.0101. The topological polar surface area (TPSA) is 101 Å². The molecule has 0 aromatic carbocycles. The number of hydrogen-bond donors (Lipinski definition) is 2. The first-order chi connectivity index (χ1) is 12.1. The Morgan fingerprint density at radius 2 is 2.08 bits per heavy atom. The minimum Gasteiger partial charge on any atom is -0.368 e. The van der Waals surface area contributed by atoms with Gasteiger partial charge in [-0.2, -0.15) is 0 Å². The summed E-state index contributed by atoms with van der Waals surface area (Å²) in [5.74, 6) is 2.09. The first-order valence-corrected chi connectivity index (χ1v) is 10.6. The van der Waals surface area contributed by atoms with Crippen LogP contribution in [0.2, 0.25) is 0 Å². The second-order valence-electron chi connectivity index (χ2n) is 7.40. The largest absolute Gasteiger partial charge is 0.368 e. The summed E-state index contributed by atoms with van der Waals surface area (Å²) < 4.78 is 29.8. The zero-order valence-corrected chi connectivity index (χ0v) is 14.8. The van der Waals surface area contributed by atoms with E-state index < -0.39 is 10.0 Å². The summed E-state index contributed by atoms with van der Waals surface area (Å²) in [7, 11) is -3.16. The van der Waals surface area contributed by atoms with Gasteiger partial charge in [0.2, 0.25) is 10.0 Å². The van der Waals surface area contributed by atoms with Crippen molar-refractivity contribution >= 4 is 21.5 Å². The molecule has 0 spiro atoms. The monoisotopic (exact) mass is 362 g/mol. The molecule has 1 aliphatic heterocycles. The summed E-state index contributed by atoms with van der Waals surface area (Å²) in [5.41, 5.74) is 1.91. The molecule has 0 saturated heterocycles. The number of nitrogens with zero attached hydrogens (tertiary/aromatic N) is 4. The lowest BCUT2D eigenvalue weighted by atomic mass is 10.0. The molecule has 25 heavy (non-hydrogen) atoms. The van der Waals surface area contributed by atoms with Gasteiger partial charge in [0.05, 0.1) is 17.1 Å². The number of fused-ring (bicyclic) bond motifs is 3. The van der Waals surface area contributed by atoms with E-state index in [0.717, 1.165) is 74.5 Å². The standard InChI is InChI=1S/C16H22N6O2S/c23-25(24,12-2-1-3-12)21-11-5-4-10(8-11)16-20-19-14-9-18-15-13(22(14)16)6-7-17-15/h9-12,17,21H,1-8H2/t10-,11+/m1/s1. The number of rotatable bonds is 4. The van der Waals surface area contributed by atoms with Gasteiger partial charge in [0.15, 0.2) is 5.65 Å². The Kier molecular flexibility index (Phi) is 3.50. The third kappa shape index (κ3) is 2.52. The van der Waals surface area contributed by atoms with Crippen LogP contribution in [0.5, 0.6) is 0 Å². The van der Waals surface area contributed by atoms with E-state index in [1.165, 1.54) is 0 Å². The summed E-state index contributed by atoms with van der Waals surface area (Å²) >= 11 is 0. The van der Waals surface area contributed by atoms with Gasteiger partial charge in [-0.3, -0.25) is 4.40 Å². The van der Waals surface area contributed by atoms with E-state index in [1.54, 1.807) is 6.20 Å². The Balaban J connectivity index is 1.39. The van der Waals surface area contributed by atoms with E-state index in [4.69, 9.17) is 0 Å². The van der Waals surface area contributed by atoms with Crippen LogP contribution in [0, 0.1) is 0 Å². The van der Waals surface area contributed by atoms with E-state index >= 15 is 0 Å². The van der Waals surface area contributed by atoms with Gasteiger partial charge in [-0.15, -0.1) is 10.2 Å². The third-order valence-electron chi connectivity index (χ3n) is 5.84. The second-order valence-corrected chi connectivity index (χ2v) is 9.40. The average molecular weight is 362 g/mol. The fourth-order valence-corrected chi connectivity index (χ4v) is 6.07. The van der Waals surface area contributed by atoms with Crippen LogP contribution in [-0.2, 0) is 16.4 Å². The van der Waals surface area contributed by atoms with Crippen molar-refractivity contribution in [3.63, 3.8) is 0 Å². The fraction of sp³-hybridized carbons (Fsp3) is 0.688. The highest BCUT2D eigenvalue weighted by Gasteiger charge is 2.37. The summed E-state index contributed by atoms with van der Waals surface area (Å²) in [5, 5.41) is 11.8. The van der Waals surface area contributed by atoms with Crippen LogP contribution in [0.1, 0.15) is 56.0 Å². The summed E-state index contributed by atoms with van der Waals surface area (Å²) in [6, 6.07) is 0.0101. The maximum atomic E-state index is 12.4. The van der Waals surface area contributed by atoms with E-state index in [9.17, 15) is 8.42 Å². The molecule has 2 aromatic heterocycles. The van der Waals surface area contributed by atoms with Crippen LogP contribution in [0.4, 0.5) is 5.82 Å². The van der Waals surface area contributed by atoms with Crippen molar-refractivity contribution < 1.29 is 8.42 Å². The maximum absolute atomic E-state index is 12.4. The Morgan fingerprint density at radius 3 is 2.88 bits per heavy atom. The fourth-order valence-electron chi connectivity index (χ4n) is 4.25. The molecule has 3 aliphatic rings. The highest BCUT2D eigenvalue weighted by Crippen LogP contribution is 2.36. The van der Waals surface area contributed by atoms with Crippen LogP contribution in [0.15, 0.2) is 6.20 Å². The molecular weight excluding hydrogens is 340 g/mol. The molecule has 9 heteroatoms. The normalized spacial score (nSPS) is 26.6. The van der Waals surface area contributed by atoms with Crippen molar-refractivity contribution in [2.24, 2.45) is 0 Å². The molecule has 5 rings (SSSR count). The molecular formula is C16H22N6O2S. The Hall–Kier alpha value is -1.74. The maximum Gasteiger partial charge on any atom is 0.214 e. The zero-order valence-electron chi connectivity index (χ0n) is 14.0. The van der Waals surface area contributed by atoms with Gasteiger partial charge < -0.3 is 5.32 Å². The molecule has 2 atom stereocenters. The van der Waals surface area contributed by atoms with Crippen LogP contribution >= 0.6 is 0 Å². The van der Waals surface area contributed by atoms with Gasteiger partial charge in [0.1, 0.15) is 11.6 Å². The van der Waals surface area contributed by atoms with Gasteiger partial charge in [-0.1, -0.05) is 6.42 Å². The van der Waals surface area contributed by atoms with E-state index in [-0.39, 0.29) is 17.2 Å². The molecule has 0 unspecified atom stereocenters. The SMILES string of the molecule is O=S(=O)(N[C@H]1CC[C@@H](c2nnc3cnc4c(n23)CCN4)C1)C1CCC1. The highest BCUT2D eigenvalue weighted by atomic mass is 32.2. The van der Waals surface area contributed by atoms with Gasteiger partial charge in [0.25, 0.3) is 0 Å². The molecule has 2 N–H and O–H groups in total. The highest BCUT2D eigenvalue weighted by molar-refractivity contribution is 7.90. The summed E-state index contributed by atoms with van der Waals surface area (Å²) in [6.07, 6.45) is 7.86. The first kappa shape index (κ1) is 15.5. The number of nitrogens with one attached hydrogen (secondary N) is 2. The van der Waals surface area contributed by atoms with E-state index in [0.29, 0.717) is 0 Å². The number of aromatic nitrogens is 4. The van der Waals surface area contributed by atoms with Crippen molar-refractivity contribution in [3.8, 4) is 0 Å². The van der Waals surface area contributed by atoms with Crippen molar-refractivity contribution in [1.82, 2.24) is 24.3 Å². The molecule has 0 radical (unpaired) electrons. The van der Waals surface area contributed by atoms with Gasteiger partial charge in [0, 0.05) is 24.9 Å². The lowest BCUT2D eigenvalue weighted by molar-refractivity contribution is 0.459. The molecule has 8 nitrogen and oxygen atoms in total. The molecule has 0 amide bonds. The Labute approximate surface area is 146 Å². The molecule has 2 saturated carbocycles. The molecule has 0 bridgehead atoms. The van der Waals surface area contributed by atoms with Gasteiger partial charge in [-0.25, -0.2) is 18.1 Å². The van der Waals surface area contributed by atoms with Gasteiger partial charge in [-0.05, 0) is 32.1 Å². The lowest BCUT2D eigenvalue weighted by Gasteiger charge is -2.27. The quantitative estimate of drug-likeness (QED) is 0.847. The number of hydrogen-bond acceptors (Lipinski definition) is 6. The predicted octanol–water partition coefficient (Wildman–Crippen LogP) is 1.20. The Morgan fingerprint density at radius 1 is 1.20 bits per heavy atom. The zero-order chi connectivity index (χ0) is 17.0. The Bertz CT molecular complexity index is 920. The van der Waals surface area contributed by atoms with Crippen molar-refractivity contribution in [2.45, 2.75) is 62.2 Å². The van der Waals surface area contributed by atoms with E-state index in [1.807, 2.05) is 0 Å². The summed E-state index contributed by atoms with van der Waals surface area (Å²) in [6.45, 7) is 0.882. The van der Waals surface area contributed by atoms with Crippen LogP contribution < -0.4 is 10.0 Å². The molecule has 2 fully saturated rings.